The van der Waals surface area contributed by atoms with Gasteiger partial charge in [0.25, 0.3) is 0 Å². The largest absolute Gasteiger partial charge is 0.383 e. The minimum Gasteiger partial charge on any atom is -0.383 e. The number of nitrogens with zero attached hydrogens (tertiary/aromatic N) is 3. The lowest BCUT2D eigenvalue weighted by Crippen LogP contribution is -2.35. The van der Waals surface area contributed by atoms with E-state index in [2.05, 4.69) is 20.2 Å². The van der Waals surface area contributed by atoms with Crippen LogP contribution in [0, 0.1) is 0 Å². The van der Waals surface area contributed by atoms with Gasteiger partial charge in [-0.05, 0) is 12.8 Å². The zero-order valence-corrected chi connectivity index (χ0v) is 10.8. The van der Waals surface area contributed by atoms with Gasteiger partial charge in [0.15, 0.2) is 0 Å². The zero-order valence-electron chi connectivity index (χ0n) is 10.8. The summed E-state index contributed by atoms with van der Waals surface area (Å²) in [6, 6.07) is 2.38. The molecule has 2 rings (SSSR count). The van der Waals surface area contributed by atoms with Gasteiger partial charge in [0.05, 0.1) is 6.61 Å². The van der Waals surface area contributed by atoms with E-state index in [0.29, 0.717) is 19.2 Å². The fourth-order valence-corrected chi connectivity index (χ4v) is 2.26. The van der Waals surface area contributed by atoms with E-state index in [1.54, 1.807) is 13.4 Å². The fourth-order valence-electron chi connectivity index (χ4n) is 2.26. The molecular weight excluding hydrogens is 230 g/mol. The van der Waals surface area contributed by atoms with Crippen molar-refractivity contribution in [3.05, 3.63) is 12.4 Å². The van der Waals surface area contributed by atoms with Crippen molar-refractivity contribution in [3.63, 3.8) is 0 Å². The van der Waals surface area contributed by atoms with Crippen LogP contribution in [0.15, 0.2) is 12.4 Å². The maximum Gasteiger partial charge on any atom is 0.134 e. The summed E-state index contributed by atoms with van der Waals surface area (Å²) in [6.07, 6.45) is 3.92. The second kappa shape index (κ2) is 6.51. The van der Waals surface area contributed by atoms with Crippen LogP contribution in [0.2, 0.25) is 0 Å². The quantitative estimate of drug-likeness (QED) is 0.715. The molecule has 6 heteroatoms. The van der Waals surface area contributed by atoms with Crippen LogP contribution in [0.5, 0.6) is 0 Å². The van der Waals surface area contributed by atoms with Crippen LogP contribution in [0.25, 0.3) is 0 Å². The molecule has 1 aromatic heterocycles. The summed E-state index contributed by atoms with van der Waals surface area (Å²) in [5.74, 6) is 1.79. The zero-order chi connectivity index (χ0) is 12.8. The highest BCUT2D eigenvalue weighted by atomic mass is 16.5. The first-order valence-corrected chi connectivity index (χ1v) is 6.36. The lowest BCUT2D eigenvalue weighted by atomic mass is 10.2. The number of nitrogens with two attached hydrogens (primary N) is 1. The van der Waals surface area contributed by atoms with E-state index < -0.39 is 0 Å². The standard InChI is InChI=1S/C12H21N5O/c1-18-6-4-14-11-7-12(16-9-15-11)17-5-2-3-10(17)8-13/h7,9-10H,2-6,8,13H2,1H3,(H,14,15,16). The summed E-state index contributed by atoms with van der Waals surface area (Å²) in [7, 11) is 1.68. The van der Waals surface area contributed by atoms with Crippen LogP contribution in [0.4, 0.5) is 11.6 Å². The third-order valence-electron chi connectivity index (χ3n) is 3.21. The number of ether oxygens (including phenoxy) is 1. The Balaban J connectivity index is 2.02. The maximum absolute atomic E-state index is 5.78. The van der Waals surface area contributed by atoms with Crippen molar-refractivity contribution in [1.29, 1.82) is 0 Å². The Labute approximate surface area is 108 Å². The predicted octanol–water partition coefficient (Wildman–Crippen LogP) is 0.462. The summed E-state index contributed by atoms with van der Waals surface area (Å²) < 4.78 is 5.00. The maximum atomic E-state index is 5.78. The molecule has 18 heavy (non-hydrogen) atoms. The van der Waals surface area contributed by atoms with Crippen LogP contribution >= 0.6 is 0 Å². The number of hydrogen-bond acceptors (Lipinski definition) is 6. The Kier molecular flexibility index (Phi) is 4.72. The molecule has 1 aromatic rings. The minimum atomic E-state index is 0.409. The van der Waals surface area contributed by atoms with Crippen molar-refractivity contribution >= 4 is 11.6 Å². The highest BCUT2D eigenvalue weighted by molar-refractivity contribution is 5.49. The Morgan fingerprint density at radius 2 is 2.44 bits per heavy atom. The summed E-state index contributed by atoms with van der Waals surface area (Å²) in [5, 5.41) is 3.21. The van der Waals surface area contributed by atoms with Crippen molar-refractivity contribution in [2.75, 3.05) is 43.6 Å². The average Bonchev–Trinajstić information content (AvgIpc) is 2.88. The third-order valence-corrected chi connectivity index (χ3v) is 3.21. The number of anilines is 2. The molecule has 1 atom stereocenters. The number of aromatic nitrogens is 2. The SMILES string of the molecule is COCCNc1cc(N2CCCC2CN)ncn1. The molecule has 0 aliphatic carbocycles. The van der Waals surface area contributed by atoms with Crippen LogP contribution in [0.3, 0.4) is 0 Å². The molecule has 0 amide bonds. The van der Waals surface area contributed by atoms with E-state index in [1.807, 2.05) is 6.07 Å². The van der Waals surface area contributed by atoms with Gasteiger partial charge in [-0.15, -0.1) is 0 Å². The van der Waals surface area contributed by atoms with E-state index >= 15 is 0 Å². The van der Waals surface area contributed by atoms with Gasteiger partial charge in [-0.1, -0.05) is 0 Å². The van der Waals surface area contributed by atoms with Gasteiger partial charge in [-0.3, -0.25) is 0 Å². The second-order valence-corrected chi connectivity index (χ2v) is 4.41. The Bertz CT molecular complexity index is 373. The van der Waals surface area contributed by atoms with Gasteiger partial charge in [0.2, 0.25) is 0 Å². The van der Waals surface area contributed by atoms with Gasteiger partial charge in [0, 0.05) is 38.9 Å². The molecule has 100 valence electrons. The molecule has 0 saturated carbocycles. The first kappa shape index (κ1) is 13.0. The predicted molar refractivity (Wildman–Crippen MR) is 71.8 cm³/mol. The van der Waals surface area contributed by atoms with Gasteiger partial charge < -0.3 is 20.7 Å². The molecular formula is C12H21N5O. The van der Waals surface area contributed by atoms with Crippen molar-refractivity contribution in [2.45, 2.75) is 18.9 Å². The average molecular weight is 251 g/mol. The molecule has 1 saturated heterocycles. The van der Waals surface area contributed by atoms with E-state index in [1.165, 1.54) is 6.42 Å². The van der Waals surface area contributed by atoms with Crippen LogP contribution in [-0.4, -0.2) is 49.4 Å². The number of nitrogens with one attached hydrogen (secondary N) is 1. The summed E-state index contributed by atoms with van der Waals surface area (Å²) >= 11 is 0. The Morgan fingerprint density at radius 3 is 3.22 bits per heavy atom. The summed E-state index contributed by atoms with van der Waals surface area (Å²) in [4.78, 5) is 10.8. The summed E-state index contributed by atoms with van der Waals surface area (Å²) in [6.45, 7) is 3.11. The summed E-state index contributed by atoms with van der Waals surface area (Å²) in [5.41, 5.74) is 5.78. The molecule has 0 aromatic carbocycles. The molecule has 0 radical (unpaired) electrons. The normalized spacial score (nSPS) is 19.2. The van der Waals surface area contributed by atoms with E-state index in [-0.39, 0.29) is 0 Å². The smallest absolute Gasteiger partial charge is 0.134 e. The molecule has 1 aliphatic heterocycles. The monoisotopic (exact) mass is 251 g/mol. The molecule has 0 bridgehead atoms. The van der Waals surface area contributed by atoms with Gasteiger partial charge in [0.1, 0.15) is 18.0 Å². The van der Waals surface area contributed by atoms with Gasteiger partial charge in [-0.2, -0.15) is 0 Å². The minimum absolute atomic E-state index is 0.409. The van der Waals surface area contributed by atoms with Crippen molar-refractivity contribution in [3.8, 4) is 0 Å². The van der Waals surface area contributed by atoms with E-state index in [4.69, 9.17) is 10.5 Å². The number of rotatable bonds is 6. The first-order chi connectivity index (χ1) is 8.85. The molecule has 3 N–H and O–H groups in total. The van der Waals surface area contributed by atoms with Gasteiger partial charge >= 0.3 is 0 Å². The Morgan fingerprint density at radius 1 is 1.56 bits per heavy atom. The molecule has 2 heterocycles. The number of methoxy groups -OCH3 is 1. The molecule has 0 spiro atoms. The van der Waals surface area contributed by atoms with Gasteiger partial charge in [-0.25, -0.2) is 9.97 Å². The lowest BCUT2D eigenvalue weighted by Gasteiger charge is -2.24. The third kappa shape index (κ3) is 3.08. The fraction of sp³-hybridized carbons (Fsp3) is 0.667. The topological polar surface area (TPSA) is 76.3 Å². The van der Waals surface area contributed by atoms with Crippen LogP contribution < -0.4 is 16.0 Å². The molecule has 1 unspecified atom stereocenters. The van der Waals surface area contributed by atoms with E-state index in [9.17, 15) is 0 Å². The van der Waals surface area contributed by atoms with E-state index in [0.717, 1.165) is 31.1 Å². The van der Waals surface area contributed by atoms with Crippen LogP contribution in [-0.2, 0) is 4.74 Å². The van der Waals surface area contributed by atoms with Crippen molar-refractivity contribution < 1.29 is 4.74 Å². The highest BCUT2D eigenvalue weighted by Gasteiger charge is 2.24. The second-order valence-electron chi connectivity index (χ2n) is 4.41. The molecule has 1 aliphatic rings. The molecule has 1 fully saturated rings. The van der Waals surface area contributed by atoms with Crippen LogP contribution in [0.1, 0.15) is 12.8 Å². The first-order valence-electron chi connectivity index (χ1n) is 6.36. The van der Waals surface area contributed by atoms with Crippen molar-refractivity contribution in [1.82, 2.24) is 9.97 Å². The molecule has 6 nitrogen and oxygen atoms in total. The Hall–Kier alpha value is -1.40. The number of hydrogen-bond donors (Lipinski definition) is 2. The highest BCUT2D eigenvalue weighted by Crippen LogP contribution is 2.24. The van der Waals surface area contributed by atoms with Crippen molar-refractivity contribution in [2.24, 2.45) is 5.73 Å². The lowest BCUT2D eigenvalue weighted by molar-refractivity contribution is 0.210.